The maximum absolute atomic E-state index is 13.5. The Morgan fingerprint density at radius 3 is 2.67 bits per heavy atom. The number of nitrogens with zero attached hydrogens (tertiary/aromatic N) is 5. The summed E-state index contributed by atoms with van der Waals surface area (Å²) in [4.78, 5) is 26.0. The number of halogens is 1. The van der Waals surface area contributed by atoms with Crippen molar-refractivity contribution in [1.29, 1.82) is 0 Å². The van der Waals surface area contributed by atoms with Crippen molar-refractivity contribution in [2.75, 3.05) is 13.2 Å². The van der Waals surface area contributed by atoms with Crippen LogP contribution in [0.3, 0.4) is 0 Å². The highest BCUT2D eigenvalue weighted by Gasteiger charge is 2.23. The van der Waals surface area contributed by atoms with E-state index in [4.69, 9.17) is 21.4 Å². The van der Waals surface area contributed by atoms with Crippen molar-refractivity contribution in [2.45, 2.75) is 32.4 Å². The van der Waals surface area contributed by atoms with E-state index in [1.807, 2.05) is 41.2 Å². The zero-order valence-electron chi connectivity index (χ0n) is 18.1. The van der Waals surface area contributed by atoms with Crippen molar-refractivity contribution >= 4 is 28.4 Å². The third-order valence-corrected chi connectivity index (χ3v) is 5.94. The quantitative estimate of drug-likeness (QED) is 0.471. The fourth-order valence-corrected chi connectivity index (χ4v) is 4.20. The lowest BCUT2D eigenvalue weighted by Gasteiger charge is -2.12. The summed E-state index contributed by atoms with van der Waals surface area (Å²) in [5, 5.41) is 12.9. The van der Waals surface area contributed by atoms with Crippen molar-refractivity contribution in [2.24, 2.45) is 0 Å². The number of benzene rings is 1. The van der Waals surface area contributed by atoms with E-state index < -0.39 is 0 Å². The smallest absolute Gasteiger partial charge is 0.280 e. The first-order chi connectivity index (χ1) is 16.0. The molecule has 9 nitrogen and oxygen atoms in total. The summed E-state index contributed by atoms with van der Waals surface area (Å²) in [6, 6.07) is 10.9. The topological polar surface area (TPSA) is 96.0 Å². The first-order valence-corrected chi connectivity index (χ1v) is 11.2. The molecule has 10 heteroatoms. The monoisotopic (exact) mass is 466 g/mol. The summed E-state index contributed by atoms with van der Waals surface area (Å²) < 4.78 is 10.3. The highest BCUT2D eigenvalue weighted by atomic mass is 35.5. The normalized spacial score (nSPS) is 15.9. The predicted octanol–water partition coefficient (Wildman–Crippen LogP) is 2.63. The molecule has 0 saturated carbocycles. The van der Waals surface area contributed by atoms with Crippen LogP contribution in [-0.2, 0) is 16.1 Å². The van der Waals surface area contributed by atoms with Gasteiger partial charge in [-0.25, -0.2) is 9.36 Å². The summed E-state index contributed by atoms with van der Waals surface area (Å²) in [5.74, 6) is 0.285. The minimum atomic E-state index is -0.383. The van der Waals surface area contributed by atoms with Crippen molar-refractivity contribution in [3.05, 3.63) is 69.9 Å². The number of aryl methyl sites for hydroxylation is 1. The number of rotatable bonds is 6. The van der Waals surface area contributed by atoms with Crippen molar-refractivity contribution < 1.29 is 9.53 Å². The highest BCUT2D eigenvalue weighted by Crippen LogP contribution is 2.25. The average molecular weight is 467 g/mol. The van der Waals surface area contributed by atoms with Gasteiger partial charge in [-0.2, -0.15) is 10.2 Å². The predicted molar refractivity (Wildman–Crippen MR) is 124 cm³/mol. The van der Waals surface area contributed by atoms with Crippen LogP contribution in [0.15, 0.2) is 53.6 Å². The number of hydrogen-bond donors (Lipinski definition) is 1. The zero-order valence-corrected chi connectivity index (χ0v) is 18.8. The van der Waals surface area contributed by atoms with Crippen LogP contribution in [0.25, 0.3) is 22.4 Å². The largest absolute Gasteiger partial charge is 0.376 e. The van der Waals surface area contributed by atoms with E-state index in [-0.39, 0.29) is 24.1 Å². The Hall–Kier alpha value is -3.43. The van der Waals surface area contributed by atoms with Crippen LogP contribution < -0.4 is 10.9 Å². The summed E-state index contributed by atoms with van der Waals surface area (Å²) in [6.07, 6.45) is 5.64. The molecule has 3 aromatic heterocycles. The average Bonchev–Trinajstić information content (AvgIpc) is 3.57. The maximum Gasteiger partial charge on any atom is 0.280 e. The van der Waals surface area contributed by atoms with Crippen molar-refractivity contribution in [3.63, 3.8) is 0 Å². The molecule has 0 unspecified atom stereocenters. The lowest BCUT2D eigenvalue weighted by molar-refractivity contribution is -0.122. The van der Waals surface area contributed by atoms with Crippen LogP contribution >= 0.6 is 11.6 Å². The van der Waals surface area contributed by atoms with Gasteiger partial charge in [-0.1, -0.05) is 11.6 Å². The van der Waals surface area contributed by atoms with Gasteiger partial charge in [-0.3, -0.25) is 9.59 Å². The molecule has 4 heterocycles. The molecule has 1 atom stereocenters. The molecule has 1 saturated heterocycles. The number of nitrogens with one attached hydrogen (secondary N) is 1. The van der Waals surface area contributed by atoms with Gasteiger partial charge >= 0.3 is 0 Å². The van der Waals surface area contributed by atoms with Crippen LogP contribution in [0.4, 0.5) is 0 Å². The van der Waals surface area contributed by atoms with Crippen molar-refractivity contribution in [1.82, 2.24) is 29.4 Å². The van der Waals surface area contributed by atoms with E-state index in [1.54, 1.807) is 23.7 Å². The molecule has 1 aliphatic heterocycles. The molecule has 0 radical (unpaired) electrons. The minimum absolute atomic E-state index is 0.0285. The van der Waals surface area contributed by atoms with E-state index in [9.17, 15) is 9.59 Å². The molecular formula is C23H23ClN6O3. The lowest BCUT2D eigenvalue weighted by Crippen LogP contribution is -2.37. The summed E-state index contributed by atoms with van der Waals surface area (Å²) in [6.45, 7) is 2.75. The van der Waals surface area contributed by atoms with Gasteiger partial charge in [0.05, 0.1) is 17.5 Å². The molecule has 1 N–H and O–H groups in total. The van der Waals surface area contributed by atoms with Crippen LogP contribution in [0.1, 0.15) is 18.5 Å². The van der Waals surface area contributed by atoms with Crippen LogP contribution in [-0.4, -0.2) is 49.3 Å². The van der Waals surface area contributed by atoms with Gasteiger partial charge in [0.25, 0.3) is 5.56 Å². The number of ether oxygens (including phenoxy) is 1. The molecule has 0 bridgehead atoms. The van der Waals surface area contributed by atoms with Gasteiger partial charge in [0.2, 0.25) is 5.91 Å². The number of carbonyl (C=O) groups is 1. The lowest BCUT2D eigenvalue weighted by atomic mass is 10.2. The zero-order chi connectivity index (χ0) is 22.9. The molecule has 4 aromatic rings. The molecule has 1 amide bonds. The Balaban J connectivity index is 1.57. The molecule has 170 valence electrons. The Morgan fingerprint density at radius 2 is 1.97 bits per heavy atom. The second-order valence-corrected chi connectivity index (χ2v) is 8.45. The molecule has 0 spiro atoms. The fraction of sp³-hybridized carbons (Fsp3) is 0.304. The summed E-state index contributed by atoms with van der Waals surface area (Å²) in [5.41, 5.74) is 1.40. The van der Waals surface area contributed by atoms with Gasteiger partial charge in [-0.15, -0.1) is 0 Å². The Morgan fingerprint density at radius 1 is 1.21 bits per heavy atom. The molecule has 5 rings (SSSR count). The van der Waals surface area contributed by atoms with Gasteiger partial charge in [0.15, 0.2) is 5.82 Å². The fourth-order valence-electron chi connectivity index (χ4n) is 4.07. The number of amides is 1. The Bertz CT molecular complexity index is 1350. The van der Waals surface area contributed by atoms with Gasteiger partial charge in [-0.05, 0) is 56.2 Å². The van der Waals surface area contributed by atoms with Gasteiger partial charge in [0.1, 0.15) is 17.4 Å². The summed E-state index contributed by atoms with van der Waals surface area (Å²) in [7, 11) is 0. The van der Waals surface area contributed by atoms with Gasteiger partial charge < -0.3 is 14.6 Å². The van der Waals surface area contributed by atoms with Crippen LogP contribution in [0.5, 0.6) is 0 Å². The Kier molecular flexibility index (Phi) is 5.74. The maximum atomic E-state index is 13.5. The third kappa shape index (κ3) is 4.17. The van der Waals surface area contributed by atoms with E-state index in [2.05, 4.69) is 10.4 Å². The number of carbonyl (C=O) groups excluding carboxylic acids is 1. The minimum Gasteiger partial charge on any atom is -0.376 e. The SMILES string of the molecule is Cc1nn(CC(=O)NC[C@@H]2CCCO2)c(=O)c2c(-n3cccc3)n(-c3ccc(Cl)cc3)nc12. The second kappa shape index (κ2) is 8.84. The third-order valence-electron chi connectivity index (χ3n) is 5.69. The molecule has 1 aliphatic rings. The number of hydrogen-bond acceptors (Lipinski definition) is 5. The number of aromatic nitrogens is 5. The van der Waals surface area contributed by atoms with E-state index >= 15 is 0 Å². The highest BCUT2D eigenvalue weighted by molar-refractivity contribution is 6.30. The molecule has 1 aromatic carbocycles. The molecule has 33 heavy (non-hydrogen) atoms. The first-order valence-electron chi connectivity index (χ1n) is 10.8. The van der Waals surface area contributed by atoms with Crippen LogP contribution in [0, 0.1) is 6.92 Å². The van der Waals surface area contributed by atoms with E-state index in [1.165, 1.54) is 4.68 Å². The van der Waals surface area contributed by atoms with Crippen LogP contribution in [0.2, 0.25) is 5.02 Å². The Labute approximate surface area is 194 Å². The second-order valence-electron chi connectivity index (χ2n) is 8.01. The first kappa shape index (κ1) is 21.4. The van der Waals surface area contributed by atoms with Crippen molar-refractivity contribution in [3.8, 4) is 11.5 Å². The van der Waals surface area contributed by atoms with Gasteiger partial charge in [0, 0.05) is 30.6 Å². The van der Waals surface area contributed by atoms with E-state index in [0.29, 0.717) is 34.0 Å². The molecular weight excluding hydrogens is 444 g/mol. The molecule has 0 aliphatic carbocycles. The molecule has 1 fully saturated rings. The number of fused-ring (bicyclic) bond motifs is 1. The summed E-state index contributed by atoms with van der Waals surface area (Å²) >= 11 is 6.06. The van der Waals surface area contributed by atoms with E-state index in [0.717, 1.165) is 25.1 Å². The standard InChI is InChI=1S/C23H23ClN6O3/c1-15-21-20(23(32)29(26-15)14-19(31)25-13-18-5-4-12-33-18)22(28-10-2-3-11-28)30(27-21)17-8-6-16(24)7-9-17/h2-3,6-11,18H,4-5,12-14H2,1H3,(H,25,31)/t18-/m0/s1.